The Labute approximate surface area is 146 Å². The zero-order valence-corrected chi connectivity index (χ0v) is 14.5. The van der Waals surface area contributed by atoms with Gasteiger partial charge < -0.3 is 4.74 Å². The second kappa shape index (κ2) is 5.71. The van der Waals surface area contributed by atoms with Crippen molar-refractivity contribution in [2.24, 2.45) is 0 Å². The van der Waals surface area contributed by atoms with E-state index in [4.69, 9.17) is 4.74 Å². The summed E-state index contributed by atoms with van der Waals surface area (Å²) in [5.41, 5.74) is 0.804. The van der Waals surface area contributed by atoms with E-state index in [2.05, 4.69) is 20.6 Å². The van der Waals surface area contributed by atoms with Crippen molar-refractivity contribution in [3.8, 4) is 5.75 Å². The minimum Gasteiger partial charge on any atom is -0.490 e. The molecule has 8 nitrogen and oxygen atoms in total. The highest BCUT2D eigenvalue weighted by molar-refractivity contribution is 8.07. The van der Waals surface area contributed by atoms with Crippen LogP contribution in [0.5, 0.6) is 5.75 Å². The van der Waals surface area contributed by atoms with Gasteiger partial charge in [-0.15, -0.1) is 10.2 Å². The number of hydrogen-bond acceptors (Lipinski definition) is 8. The largest absolute Gasteiger partial charge is 0.490 e. The molecule has 124 valence electrons. The molecule has 2 aliphatic rings. The Kier molecular flexibility index (Phi) is 3.65. The zero-order chi connectivity index (χ0) is 16.8. The molecule has 4 rings (SSSR count). The maximum Gasteiger partial charge on any atom is 0.311 e. The molecule has 10 heteroatoms. The topological polar surface area (TPSA) is 86.3 Å². The number of aryl methyl sites for hydroxylation is 1. The number of ether oxygens (including phenoxy) is 1. The van der Waals surface area contributed by atoms with Gasteiger partial charge in [-0.2, -0.15) is 0 Å². The first-order valence-electron chi connectivity index (χ1n) is 7.23. The smallest absolute Gasteiger partial charge is 0.311 e. The Morgan fingerprint density at radius 2 is 2.25 bits per heavy atom. The Bertz CT molecular complexity index is 866. The molecule has 0 fully saturated rings. The highest BCUT2D eigenvalue weighted by Crippen LogP contribution is 2.51. The van der Waals surface area contributed by atoms with Gasteiger partial charge in [0.1, 0.15) is 10.4 Å². The van der Waals surface area contributed by atoms with Crippen molar-refractivity contribution in [1.82, 2.24) is 14.9 Å². The zero-order valence-electron chi connectivity index (χ0n) is 12.9. The van der Waals surface area contributed by atoms with E-state index in [1.54, 1.807) is 35.7 Å². The van der Waals surface area contributed by atoms with Crippen molar-refractivity contribution in [2.75, 3.05) is 12.1 Å². The molecule has 1 unspecified atom stereocenters. The third-order valence-corrected chi connectivity index (χ3v) is 6.02. The summed E-state index contributed by atoms with van der Waals surface area (Å²) in [7, 11) is 1.43. The monoisotopic (exact) mass is 363 g/mol. The summed E-state index contributed by atoms with van der Waals surface area (Å²) < 4.78 is 7.08. The summed E-state index contributed by atoms with van der Waals surface area (Å²) in [4.78, 5) is 10.9. The van der Waals surface area contributed by atoms with Crippen LogP contribution in [0.15, 0.2) is 33.8 Å². The third kappa shape index (κ3) is 2.17. The van der Waals surface area contributed by atoms with Gasteiger partial charge >= 0.3 is 5.69 Å². The van der Waals surface area contributed by atoms with Crippen molar-refractivity contribution in [3.05, 3.63) is 50.1 Å². The molecule has 1 atom stereocenters. The summed E-state index contributed by atoms with van der Waals surface area (Å²) in [5.74, 6) is 1.13. The molecule has 0 radical (unpaired) electrons. The molecule has 0 N–H and O–H groups in total. The van der Waals surface area contributed by atoms with Crippen molar-refractivity contribution >= 4 is 29.2 Å². The number of hydrogen-bond donors (Lipinski definition) is 0. The van der Waals surface area contributed by atoms with E-state index in [9.17, 15) is 10.1 Å². The highest BCUT2D eigenvalue weighted by atomic mass is 32.2. The molecule has 0 saturated heterocycles. The van der Waals surface area contributed by atoms with Gasteiger partial charge in [-0.25, -0.2) is 4.68 Å². The van der Waals surface area contributed by atoms with Crippen LogP contribution in [0.2, 0.25) is 0 Å². The van der Waals surface area contributed by atoms with E-state index in [0.717, 1.165) is 28.0 Å². The maximum absolute atomic E-state index is 11.3. The molecule has 0 saturated carbocycles. The van der Waals surface area contributed by atoms with E-state index in [1.165, 1.54) is 7.11 Å². The first-order chi connectivity index (χ1) is 11.6. The van der Waals surface area contributed by atoms with E-state index in [0.29, 0.717) is 0 Å². The van der Waals surface area contributed by atoms with Crippen LogP contribution in [-0.4, -0.2) is 26.9 Å². The van der Waals surface area contributed by atoms with Gasteiger partial charge in [0.25, 0.3) is 0 Å². The molecule has 0 amide bonds. The summed E-state index contributed by atoms with van der Waals surface area (Å²) in [6.07, 6.45) is 0.761. The lowest BCUT2D eigenvalue weighted by atomic mass is 10.2. The molecular weight excluding hydrogens is 350 g/mol. The van der Waals surface area contributed by atoms with Gasteiger partial charge in [0.05, 0.1) is 12.0 Å². The lowest BCUT2D eigenvalue weighted by molar-refractivity contribution is -0.385. The number of aromatic nitrogens is 3. The Balaban J connectivity index is 1.76. The first-order valence-corrected chi connectivity index (χ1v) is 8.99. The Hall–Kier alpha value is -2.20. The number of nitro benzene ring substituents is 1. The number of fused-ring (bicyclic) bond motifs is 3. The fourth-order valence-corrected chi connectivity index (χ4v) is 4.97. The minimum atomic E-state index is -0.420. The molecule has 24 heavy (non-hydrogen) atoms. The van der Waals surface area contributed by atoms with Crippen molar-refractivity contribution in [3.63, 3.8) is 0 Å². The van der Waals surface area contributed by atoms with Gasteiger partial charge in [0.2, 0.25) is 5.16 Å². The molecule has 0 aliphatic carbocycles. The predicted molar refractivity (Wildman–Crippen MR) is 91.5 cm³/mol. The van der Waals surface area contributed by atoms with Crippen LogP contribution >= 0.6 is 23.5 Å². The summed E-state index contributed by atoms with van der Waals surface area (Å²) in [6, 6.07) is 5.08. The van der Waals surface area contributed by atoms with E-state index in [1.807, 2.05) is 17.7 Å². The average Bonchev–Trinajstić information content (AvgIpc) is 3.24. The molecule has 2 aromatic rings. The lowest BCUT2D eigenvalue weighted by Gasteiger charge is -2.25. The molecule has 1 aromatic carbocycles. The molecule has 0 spiro atoms. The standard InChI is InChI=1S/C14H13N5O3S2/c1-3-11-15-16-14-17(11)18-12(24-14)7-23-13(18)8-4-5-10(22-2)9(6-8)19(20)21/h4-7,13H,3H2,1-2H3. The van der Waals surface area contributed by atoms with Crippen LogP contribution < -0.4 is 9.75 Å². The number of methoxy groups -OCH3 is 1. The van der Waals surface area contributed by atoms with Crippen molar-refractivity contribution in [1.29, 1.82) is 0 Å². The quantitative estimate of drug-likeness (QED) is 0.605. The summed E-state index contributed by atoms with van der Waals surface area (Å²) in [6.45, 7) is 2.03. The second-order valence-corrected chi connectivity index (χ2v) is 7.09. The molecule has 1 aromatic heterocycles. The van der Waals surface area contributed by atoms with Gasteiger partial charge in [0.15, 0.2) is 11.6 Å². The van der Waals surface area contributed by atoms with Crippen molar-refractivity contribution in [2.45, 2.75) is 23.9 Å². The van der Waals surface area contributed by atoms with Gasteiger partial charge in [-0.05, 0) is 23.4 Å². The number of nitro groups is 1. The van der Waals surface area contributed by atoms with Crippen LogP contribution in [0.25, 0.3) is 0 Å². The van der Waals surface area contributed by atoms with E-state index in [-0.39, 0.29) is 16.8 Å². The van der Waals surface area contributed by atoms with E-state index >= 15 is 0 Å². The SMILES string of the molecule is CCc1nnc2n1N1C(=CSC1c1ccc(OC)c([N+](=O)[O-])c1)S2. The molecular formula is C14H13N5O3S2. The van der Waals surface area contributed by atoms with Crippen LogP contribution in [0.1, 0.15) is 23.7 Å². The first kappa shape index (κ1) is 15.3. The number of nitrogens with zero attached hydrogens (tertiary/aromatic N) is 5. The number of rotatable bonds is 4. The molecule has 3 heterocycles. The van der Waals surface area contributed by atoms with E-state index < -0.39 is 4.92 Å². The fourth-order valence-electron chi connectivity index (χ4n) is 2.74. The Morgan fingerprint density at radius 1 is 1.42 bits per heavy atom. The number of benzene rings is 1. The minimum absolute atomic E-state index is 0.0319. The van der Waals surface area contributed by atoms with Gasteiger partial charge in [-0.3, -0.25) is 15.1 Å². The summed E-state index contributed by atoms with van der Waals surface area (Å²) in [5, 5.41) is 25.6. The second-order valence-electron chi connectivity index (χ2n) is 5.14. The molecule has 2 aliphatic heterocycles. The van der Waals surface area contributed by atoms with Gasteiger partial charge in [-0.1, -0.05) is 24.8 Å². The fraction of sp³-hybridized carbons (Fsp3) is 0.286. The van der Waals surface area contributed by atoms with Crippen molar-refractivity contribution < 1.29 is 9.66 Å². The maximum atomic E-state index is 11.3. The van der Waals surface area contributed by atoms with Crippen LogP contribution in [0.4, 0.5) is 5.69 Å². The summed E-state index contributed by atoms with van der Waals surface area (Å²) >= 11 is 3.17. The lowest BCUT2D eigenvalue weighted by Crippen LogP contribution is -2.30. The van der Waals surface area contributed by atoms with Crippen LogP contribution in [-0.2, 0) is 6.42 Å². The number of thioether (sulfide) groups is 2. The molecule has 0 bridgehead atoms. The predicted octanol–water partition coefficient (Wildman–Crippen LogP) is 3.05. The van der Waals surface area contributed by atoms with Crippen LogP contribution in [0.3, 0.4) is 0 Å². The van der Waals surface area contributed by atoms with Gasteiger partial charge in [0, 0.05) is 17.9 Å². The normalized spacial score (nSPS) is 18.3. The van der Waals surface area contributed by atoms with Crippen LogP contribution in [0, 0.1) is 10.1 Å². The third-order valence-electron chi connectivity index (χ3n) is 3.83. The Morgan fingerprint density at radius 3 is 2.96 bits per heavy atom. The average molecular weight is 363 g/mol. The highest BCUT2D eigenvalue weighted by Gasteiger charge is 2.39.